The molecule has 12 heteroatoms. The average molecular weight is 579 g/mol. The Kier molecular flexibility index (Phi) is 8.73. The van der Waals surface area contributed by atoms with Gasteiger partial charge in [-0.1, -0.05) is 42.0 Å². The van der Waals surface area contributed by atoms with Gasteiger partial charge in [-0.25, -0.2) is 4.98 Å². The number of piperazine rings is 1. The minimum atomic E-state index is -0.290. The highest BCUT2D eigenvalue weighted by atomic mass is 35.5. The normalized spacial score (nSPS) is 13.8. The van der Waals surface area contributed by atoms with Crippen molar-refractivity contribution in [3.05, 3.63) is 64.1 Å². The Morgan fingerprint density at radius 3 is 2.55 bits per heavy atom. The van der Waals surface area contributed by atoms with Crippen molar-refractivity contribution in [1.82, 2.24) is 24.8 Å². The summed E-state index contributed by atoms with van der Waals surface area (Å²) >= 11 is 7.49. The lowest BCUT2D eigenvalue weighted by Gasteiger charge is -2.34. The molecule has 0 atom stereocenters. The molecule has 2 aromatic carbocycles. The molecular formula is C28H31ClN8O2S. The molecule has 1 saturated heterocycles. The van der Waals surface area contributed by atoms with Crippen LogP contribution in [0, 0.1) is 6.92 Å². The number of halogens is 1. The maximum atomic E-state index is 12.9. The molecule has 1 amide bonds. The highest BCUT2D eigenvalue weighted by Crippen LogP contribution is 2.29. The number of hydrogen-bond donors (Lipinski definition) is 2. The molecule has 2 N–H and O–H groups in total. The van der Waals surface area contributed by atoms with E-state index in [-0.39, 0.29) is 5.91 Å². The minimum absolute atomic E-state index is 0.290. The Morgan fingerprint density at radius 2 is 1.85 bits per heavy atom. The fourth-order valence-electron chi connectivity index (χ4n) is 4.42. The maximum Gasteiger partial charge on any atom is 0.267 e. The van der Waals surface area contributed by atoms with E-state index in [9.17, 15) is 4.79 Å². The van der Waals surface area contributed by atoms with E-state index >= 15 is 0 Å². The highest BCUT2D eigenvalue weighted by Gasteiger charge is 2.21. The van der Waals surface area contributed by atoms with E-state index in [4.69, 9.17) is 26.3 Å². The van der Waals surface area contributed by atoms with Gasteiger partial charge in [0.05, 0.1) is 24.0 Å². The molecule has 0 bridgehead atoms. The number of carbonyl (C=O) groups is 1. The van der Waals surface area contributed by atoms with Crippen LogP contribution < -0.4 is 20.3 Å². The molecular weight excluding hydrogens is 548 g/mol. The molecule has 2 aromatic heterocycles. The molecule has 1 aliphatic rings. The van der Waals surface area contributed by atoms with Crippen LogP contribution in [-0.4, -0.2) is 70.6 Å². The van der Waals surface area contributed by atoms with Crippen LogP contribution in [0.25, 0.3) is 11.4 Å². The summed E-state index contributed by atoms with van der Waals surface area (Å²) in [4.78, 5) is 36.6. The molecule has 0 saturated carbocycles. The number of para-hydroxylation sites is 1. The number of nitrogens with zero attached hydrogens (tertiary/aromatic N) is 6. The van der Waals surface area contributed by atoms with Crippen molar-refractivity contribution >= 4 is 51.6 Å². The van der Waals surface area contributed by atoms with Gasteiger partial charge in [-0.05, 0) is 55.8 Å². The third-order valence-electron chi connectivity index (χ3n) is 6.58. The molecule has 0 radical (unpaired) electrons. The Bertz CT molecular complexity index is 1450. The van der Waals surface area contributed by atoms with E-state index in [1.165, 1.54) is 17.5 Å². The number of amides is 1. The van der Waals surface area contributed by atoms with Crippen LogP contribution in [-0.2, 0) is 0 Å². The lowest BCUT2D eigenvalue weighted by atomic mass is 10.2. The molecule has 1 aliphatic heterocycles. The van der Waals surface area contributed by atoms with Gasteiger partial charge >= 0.3 is 0 Å². The number of aryl methyl sites for hydroxylation is 1. The van der Waals surface area contributed by atoms with Gasteiger partial charge in [0.2, 0.25) is 11.9 Å². The predicted octanol–water partition coefficient (Wildman–Crippen LogP) is 5.49. The van der Waals surface area contributed by atoms with E-state index in [2.05, 4.69) is 37.3 Å². The number of methoxy groups -OCH3 is 1. The van der Waals surface area contributed by atoms with Crippen molar-refractivity contribution < 1.29 is 9.53 Å². The number of ether oxygens (including phenoxy) is 1. The maximum absolute atomic E-state index is 12.9. The number of rotatable bonds is 9. The first kappa shape index (κ1) is 27.8. The van der Waals surface area contributed by atoms with Crippen LogP contribution in [0.3, 0.4) is 0 Å². The first-order valence-electron chi connectivity index (χ1n) is 13.1. The largest absolute Gasteiger partial charge is 0.497 e. The van der Waals surface area contributed by atoms with Gasteiger partial charge in [-0.15, -0.1) is 0 Å². The fraction of sp³-hybridized carbons (Fsp3) is 0.321. The van der Waals surface area contributed by atoms with Crippen LogP contribution in [0.4, 0.5) is 22.7 Å². The van der Waals surface area contributed by atoms with E-state index in [1.54, 1.807) is 13.2 Å². The van der Waals surface area contributed by atoms with Gasteiger partial charge in [-0.3, -0.25) is 15.0 Å². The van der Waals surface area contributed by atoms with Crippen LogP contribution in [0.1, 0.15) is 28.6 Å². The summed E-state index contributed by atoms with van der Waals surface area (Å²) in [5.41, 5.74) is 2.30. The van der Waals surface area contributed by atoms with Crippen LogP contribution in [0.15, 0.2) is 48.7 Å². The highest BCUT2D eigenvalue weighted by molar-refractivity contribution is 7.17. The summed E-state index contributed by atoms with van der Waals surface area (Å²) in [5, 5.41) is 7.04. The van der Waals surface area contributed by atoms with Gasteiger partial charge in [0, 0.05) is 31.7 Å². The molecule has 0 unspecified atom stereocenters. The predicted molar refractivity (Wildman–Crippen MR) is 160 cm³/mol. The van der Waals surface area contributed by atoms with Gasteiger partial charge in [0.15, 0.2) is 11.0 Å². The van der Waals surface area contributed by atoms with Crippen LogP contribution in [0.5, 0.6) is 5.75 Å². The van der Waals surface area contributed by atoms with E-state index in [0.717, 1.165) is 56.0 Å². The average Bonchev–Trinajstić information content (AvgIpc) is 3.44. The molecule has 40 heavy (non-hydrogen) atoms. The van der Waals surface area contributed by atoms with Crippen molar-refractivity contribution in [3.63, 3.8) is 0 Å². The summed E-state index contributed by atoms with van der Waals surface area (Å²) in [6.45, 7) is 8.74. The van der Waals surface area contributed by atoms with Crippen LogP contribution >= 0.6 is 22.9 Å². The Morgan fingerprint density at radius 1 is 1.07 bits per heavy atom. The zero-order valence-electron chi connectivity index (χ0n) is 22.6. The first-order valence-corrected chi connectivity index (χ1v) is 14.3. The summed E-state index contributed by atoms with van der Waals surface area (Å²) in [6, 6.07) is 13.1. The van der Waals surface area contributed by atoms with E-state index < -0.39 is 0 Å². The molecule has 5 rings (SSSR count). The van der Waals surface area contributed by atoms with Crippen molar-refractivity contribution in [1.29, 1.82) is 0 Å². The first-order chi connectivity index (χ1) is 19.4. The fourth-order valence-corrected chi connectivity index (χ4v) is 5.39. The number of carbonyl (C=O) groups excluding carboxylic acids is 1. The number of thiazole rings is 1. The van der Waals surface area contributed by atoms with Crippen molar-refractivity contribution in [2.75, 3.05) is 55.4 Å². The second-order valence-electron chi connectivity index (χ2n) is 9.38. The number of benzene rings is 2. The van der Waals surface area contributed by atoms with Crippen molar-refractivity contribution in [3.8, 4) is 17.1 Å². The Balaban J connectivity index is 1.38. The monoisotopic (exact) mass is 578 g/mol. The number of nitrogens with one attached hydrogen (secondary N) is 2. The van der Waals surface area contributed by atoms with Gasteiger partial charge in [0.1, 0.15) is 10.6 Å². The van der Waals surface area contributed by atoms with Crippen LogP contribution in [0.2, 0.25) is 5.02 Å². The van der Waals surface area contributed by atoms with E-state index in [0.29, 0.717) is 38.4 Å². The summed E-state index contributed by atoms with van der Waals surface area (Å²) in [6.07, 6.45) is 2.65. The number of anilines is 4. The lowest BCUT2D eigenvalue weighted by Crippen LogP contribution is -2.47. The second kappa shape index (κ2) is 12.6. The quantitative estimate of drug-likeness (QED) is 0.266. The van der Waals surface area contributed by atoms with Crippen molar-refractivity contribution in [2.45, 2.75) is 20.3 Å². The third-order valence-corrected chi connectivity index (χ3v) is 7.80. The molecule has 4 aromatic rings. The Hall–Kier alpha value is -3.80. The third kappa shape index (κ3) is 6.49. The molecule has 10 nitrogen and oxygen atoms in total. The molecule has 208 valence electrons. The summed E-state index contributed by atoms with van der Waals surface area (Å²) in [5.74, 6) is 1.96. The van der Waals surface area contributed by atoms with Gasteiger partial charge < -0.3 is 15.0 Å². The summed E-state index contributed by atoms with van der Waals surface area (Å²) < 4.78 is 5.30. The zero-order chi connectivity index (χ0) is 28.1. The molecule has 1 fully saturated rings. The number of hydrogen-bond acceptors (Lipinski definition) is 10. The lowest BCUT2D eigenvalue weighted by molar-refractivity contribution is 0.103. The Labute approximate surface area is 242 Å². The SMILES string of the molecule is CCCN1CCN(c2nc(Nc3ncc(C(=O)Nc4c(C)cccc4Cl)s3)nc(-c3ccc(OC)cc3)n2)CC1. The standard InChI is InChI=1S/C28H31ClN8O2S/c1-4-12-36-13-15-37(16-14-36)27-33-24(19-8-10-20(39-3)11-9-19)32-26(34-27)35-28-30-17-22(40-28)25(38)31-23-18(2)6-5-7-21(23)29/h5-11,17H,4,12-16H2,1-3H3,(H,31,38)(H,30,32,33,34,35). The molecule has 0 aliphatic carbocycles. The molecule has 3 heterocycles. The smallest absolute Gasteiger partial charge is 0.267 e. The number of aromatic nitrogens is 4. The van der Waals surface area contributed by atoms with Crippen molar-refractivity contribution in [2.24, 2.45) is 0 Å². The summed E-state index contributed by atoms with van der Waals surface area (Å²) in [7, 11) is 1.63. The molecule has 0 spiro atoms. The second-order valence-corrected chi connectivity index (χ2v) is 10.8. The van der Waals surface area contributed by atoms with Gasteiger partial charge in [-0.2, -0.15) is 15.0 Å². The topological polar surface area (TPSA) is 108 Å². The van der Waals surface area contributed by atoms with Gasteiger partial charge in [0.25, 0.3) is 5.91 Å². The van der Waals surface area contributed by atoms with E-state index in [1.807, 2.05) is 43.3 Å². The minimum Gasteiger partial charge on any atom is -0.497 e. The zero-order valence-corrected chi connectivity index (χ0v) is 24.2.